The van der Waals surface area contributed by atoms with Gasteiger partial charge in [-0.25, -0.2) is 8.42 Å². The zero-order valence-corrected chi connectivity index (χ0v) is 19.7. The summed E-state index contributed by atoms with van der Waals surface area (Å²) < 4.78 is 27.3. The summed E-state index contributed by atoms with van der Waals surface area (Å²) in [5.41, 5.74) is 2.70. The first kappa shape index (κ1) is 23.5. The molecule has 1 N–H and O–H groups in total. The van der Waals surface area contributed by atoms with Crippen LogP contribution in [0.2, 0.25) is 0 Å². The smallest absolute Gasteiger partial charge is 0.243 e. The molecule has 0 aromatic heterocycles. The van der Waals surface area contributed by atoms with Crippen LogP contribution < -0.4 is 5.32 Å². The second-order valence-electron chi connectivity index (χ2n) is 9.07. The fourth-order valence-electron chi connectivity index (χ4n) is 4.77. The van der Waals surface area contributed by atoms with Gasteiger partial charge in [0.1, 0.15) is 6.04 Å². The zero-order chi connectivity index (χ0) is 23.3. The Morgan fingerprint density at radius 1 is 1.00 bits per heavy atom. The van der Waals surface area contributed by atoms with Gasteiger partial charge < -0.3 is 5.32 Å². The van der Waals surface area contributed by atoms with Crippen LogP contribution in [0.3, 0.4) is 0 Å². The highest BCUT2D eigenvalue weighted by Crippen LogP contribution is 2.27. The van der Waals surface area contributed by atoms with Gasteiger partial charge in [-0.3, -0.25) is 4.79 Å². The molecule has 6 nitrogen and oxygen atoms in total. The number of nitrogens with zero attached hydrogens (tertiary/aromatic N) is 2. The molecule has 1 saturated carbocycles. The Hall–Kier alpha value is -2.69. The van der Waals surface area contributed by atoms with E-state index in [2.05, 4.69) is 11.4 Å². The maximum Gasteiger partial charge on any atom is 0.243 e. The lowest BCUT2D eigenvalue weighted by Gasteiger charge is -2.22. The Labute approximate surface area is 196 Å². The summed E-state index contributed by atoms with van der Waals surface area (Å²) in [5.74, 6) is 0.0231. The zero-order valence-electron chi connectivity index (χ0n) is 18.9. The Morgan fingerprint density at radius 3 is 2.36 bits per heavy atom. The quantitative estimate of drug-likeness (QED) is 0.661. The molecule has 1 amide bonds. The van der Waals surface area contributed by atoms with Crippen LogP contribution in [-0.2, 0) is 21.2 Å². The molecule has 1 atom stereocenters. The minimum atomic E-state index is -3.46. The van der Waals surface area contributed by atoms with Crippen LogP contribution in [0.1, 0.15) is 50.5 Å². The van der Waals surface area contributed by atoms with Crippen LogP contribution in [0.5, 0.6) is 0 Å². The van der Waals surface area contributed by atoms with Crippen LogP contribution in [0, 0.1) is 17.2 Å². The molecule has 1 aliphatic carbocycles. The van der Waals surface area contributed by atoms with E-state index in [-0.39, 0.29) is 11.8 Å². The molecule has 0 bridgehead atoms. The highest BCUT2D eigenvalue weighted by atomic mass is 32.2. The van der Waals surface area contributed by atoms with Gasteiger partial charge in [-0.2, -0.15) is 9.57 Å². The molecule has 0 radical (unpaired) electrons. The Kier molecular flexibility index (Phi) is 7.46. The maximum atomic E-state index is 12.9. The van der Waals surface area contributed by atoms with E-state index in [1.807, 2.05) is 30.3 Å². The van der Waals surface area contributed by atoms with Crippen molar-refractivity contribution in [2.45, 2.75) is 62.3 Å². The molecule has 33 heavy (non-hydrogen) atoms. The number of hydrogen-bond donors (Lipinski definition) is 1. The SMILES string of the molecule is N#C[C@H](Cc1ccc(-c2cccc(S(=O)(=O)N3CCCC3)c2)cc1)NC(=O)C1CCCCC1. The molecule has 174 valence electrons. The van der Waals surface area contributed by atoms with E-state index in [0.717, 1.165) is 55.2 Å². The third-order valence-electron chi connectivity index (χ3n) is 6.71. The molecular formula is C26H31N3O3S. The molecule has 2 fully saturated rings. The summed E-state index contributed by atoms with van der Waals surface area (Å²) in [5, 5.41) is 12.4. The maximum absolute atomic E-state index is 12.9. The van der Waals surface area contributed by atoms with Crippen molar-refractivity contribution in [3.05, 3.63) is 54.1 Å². The molecule has 2 aromatic rings. The fourth-order valence-corrected chi connectivity index (χ4v) is 6.33. The van der Waals surface area contributed by atoms with Gasteiger partial charge in [0.25, 0.3) is 0 Å². The van der Waals surface area contributed by atoms with Gasteiger partial charge in [-0.15, -0.1) is 0 Å². The normalized spacial score (nSPS) is 18.5. The van der Waals surface area contributed by atoms with Gasteiger partial charge in [0.05, 0.1) is 11.0 Å². The number of benzene rings is 2. The van der Waals surface area contributed by atoms with Gasteiger partial charge in [0.15, 0.2) is 0 Å². The molecule has 2 aliphatic rings. The Bertz CT molecular complexity index is 1110. The molecule has 1 aliphatic heterocycles. The number of nitriles is 1. The van der Waals surface area contributed by atoms with Crippen molar-refractivity contribution in [1.29, 1.82) is 5.26 Å². The van der Waals surface area contributed by atoms with Crippen LogP contribution >= 0.6 is 0 Å². The van der Waals surface area contributed by atoms with Gasteiger partial charge in [0.2, 0.25) is 15.9 Å². The number of rotatable bonds is 7. The lowest BCUT2D eigenvalue weighted by atomic mass is 9.88. The highest BCUT2D eigenvalue weighted by Gasteiger charge is 2.27. The van der Waals surface area contributed by atoms with Gasteiger partial charge in [-0.05, 0) is 54.5 Å². The second-order valence-corrected chi connectivity index (χ2v) is 11.0. The first-order valence-corrected chi connectivity index (χ1v) is 13.3. The first-order chi connectivity index (χ1) is 16.0. The summed E-state index contributed by atoms with van der Waals surface area (Å²) >= 11 is 0. The Balaban J connectivity index is 1.42. The van der Waals surface area contributed by atoms with Crippen molar-refractivity contribution in [2.24, 2.45) is 5.92 Å². The van der Waals surface area contributed by atoms with Crippen LogP contribution in [0.25, 0.3) is 11.1 Å². The molecule has 2 aromatic carbocycles. The molecule has 1 heterocycles. The van der Waals surface area contributed by atoms with Gasteiger partial charge in [-0.1, -0.05) is 55.7 Å². The monoisotopic (exact) mass is 465 g/mol. The van der Waals surface area contributed by atoms with E-state index in [1.165, 1.54) is 6.42 Å². The predicted octanol–water partition coefficient (Wildman–Crippen LogP) is 4.27. The lowest BCUT2D eigenvalue weighted by Crippen LogP contribution is -2.40. The fraction of sp³-hybridized carbons (Fsp3) is 0.462. The molecule has 4 rings (SSSR count). The van der Waals surface area contributed by atoms with E-state index in [9.17, 15) is 18.5 Å². The van der Waals surface area contributed by atoms with Crippen LogP contribution in [0.4, 0.5) is 0 Å². The van der Waals surface area contributed by atoms with E-state index >= 15 is 0 Å². The minimum Gasteiger partial charge on any atom is -0.340 e. The molecule has 0 unspecified atom stereocenters. The summed E-state index contributed by atoms with van der Waals surface area (Å²) in [7, 11) is -3.46. The number of carbonyl (C=O) groups is 1. The Morgan fingerprint density at radius 2 is 1.70 bits per heavy atom. The number of hydrogen-bond acceptors (Lipinski definition) is 4. The largest absolute Gasteiger partial charge is 0.340 e. The molecule has 7 heteroatoms. The van der Waals surface area contributed by atoms with Crippen molar-refractivity contribution in [3.8, 4) is 17.2 Å². The first-order valence-electron chi connectivity index (χ1n) is 11.9. The van der Waals surface area contributed by atoms with E-state index in [0.29, 0.717) is 24.4 Å². The summed E-state index contributed by atoms with van der Waals surface area (Å²) in [6, 6.07) is 16.5. The number of sulfonamides is 1. The van der Waals surface area contributed by atoms with Crippen molar-refractivity contribution in [1.82, 2.24) is 9.62 Å². The molecule has 1 saturated heterocycles. The molecule has 0 spiro atoms. The van der Waals surface area contributed by atoms with Crippen molar-refractivity contribution in [3.63, 3.8) is 0 Å². The van der Waals surface area contributed by atoms with Crippen molar-refractivity contribution in [2.75, 3.05) is 13.1 Å². The summed E-state index contributed by atoms with van der Waals surface area (Å²) in [6.45, 7) is 1.16. The van der Waals surface area contributed by atoms with Crippen molar-refractivity contribution >= 4 is 15.9 Å². The van der Waals surface area contributed by atoms with Crippen LogP contribution in [0.15, 0.2) is 53.4 Å². The third kappa shape index (κ3) is 5.63. The predicted molar refractivity (Wildman–Crippen MR) is 128 cm³/mol. The second kappa shape index (κ2) is 10.5. The van der Waals surface area contributed by atoms with Gasteiger partial charge >= 0.3 is 0 Å². The van der Waals surface area contributed by atoms with Gasteiger partial charge in [0, 0.05) is 25.4 Å². The number of amides is 1. The molecular weight excluding hydrogens is 434 g/mol. The van der Waals surface area contributed by atoms with Crippen LogP contribution in [-0.4, -0.2) is 37.8 Å². The number of nitrogens with one attached hydrogen (secondary N) is 1. The lowest BCUT2D eigenvalue weighted by molar-refractivity contribution is -0.126. The van der Waals surface area contributed by atoms with E-state index in [1.54, 1.807) is 22.5 Å². The summed E-state index contributed by atoms with van der Waals surface area (Å²) in [4.78, 5) is 12.8. The average Bonchev–Trinajstić information content (AvgIpc) is 3.41. The standard InChI is InChI=1S/C26H31N3O3S/c27-19-24(28-26(30)22-7-2-1-3-8-22)17-20-11-13-21(14-12-20)23-9-6-10-25(18-23)33(31,32)29-15-4-5-16-29/h6,9-14,18,22,24H,1-5,7-8,15-17H2,(H,28,30)/t24-/m0/s1. The topological polar surface area (TPSA) is 90.3 Å². The van der Waals surface area contributed by atoms with E-state index < -0.39 is 16.1 Å². The number of carbonyl (C=O) groups excluding carboxylic acids is 1. The van der Waals surface area contributed by atoms with Crippen molar-refractivity contribution < 1.29 is 13.2 Å². The average molecular weight is 466 g/mol. The van der Waals surface area contributed by atoms with E-state index in [4.69, 9.17) is 0 Å². The summed E-state index contributed by atoms with van der Waals surface area (Å²) in [6.07, 6.45) is 7.42. The third-order valence-corrected chi connectivity index (χ3v) is 8.61. The minimum absolute atomic E-state index is 0.00565. The highest BCUT2D eigenvalue weighted by molar-refractivity contribution is 7.89.